The molecule has 4 heteroatoms. The number of morpholine rings is 1. The number of hydrogen-bond donors (Lipinski definition) is 1. The molecule has 0 radical (unpaired) electrons. The smallest absolute Gasteiger partial charge is 0.119 e. The van der Waals surface area contributed by atoms with E-state index in [1.165, 1.54) is 5.69 Å². The molecule has 1 aromatic rings. The van der Waals surface area contributed by atoms with Gasteiger partial charge in [0.1, 0.15) is 5.75 Å². The number of rotatable bonds is 5. The Kier molecular flexibility index (Phi) is 5.05. The van der Waals surface area contributed by atoms with E-state index in [0.717, 1.165) is 32.1 Å². The highest BCUT2D eigenvalue weighted by Crippen LogP contribution is 2.19. The van der Waals surface area contributed by atoms with Gasteiger partial charge in [-0.2, -0.15) is 0 Å². The Morgan fingerprint density at radius 2 is 2.11 bits per heavy atom. The second-order valence-corrected chi connectivity index (χ2v) is 5.27. The van der Waals surface area contributed by atoms with Crippen molar-refractivity contribution in [1.82, 2.24) is 5.32 Å². The molecule has 0 aliphatic carbocycles. The molecule has 1 saturated heterocycles. The van der Waals surface area contributed by atoms with Gasteiger partial charge in [-0.25, -0.2) is 0 Å². The predicted molar refractivity (Wildman–Crippen MR) is 78.1 cm³/mol. The number of nitrogens with zero attached hydrogens (tertiary/aromatic N) is 1. The summed E-state index contributed by atoms with van der Waals surface area (Å²) in [5.41, 5.74) is 1.20. The third kappa shape index (κ3) is 4.40. The molecule has 1 unspecified atom stereocenters. The Hall–Kier alpha value is -1.26. The van der Waals surface area contributed by atoms with Gasteiger partial charge in [0.25, 0.3) is 0 Å². The lowest BCUT2D eigenvalue weighted by Crippen LogP contribution is -2.47. The van der Waals surface area contributed by atoms with Gasteiger partial charge in [-0.05, 0) is 38.1 Å². The first-order valence-electron chi connectivity index (χ1n) is 6.94. The van der Waals surface area contributed by atoms with Gasteiger partial charge in [-0.3, -0.25) is 0 Å². The summed E-state index contributed by atoms with van der Waals surface area (Å²) in [4.78, 5) is 2.24. The number of hydrogen-bond acceptors (Lipinski definition) is 4. The molecule has 106 valence electrons. The van der Waals surface area contributed by atoms with Gasteiger partial charge in [-0.1, -0.05) is 0 Å². The van der Waals surface area contributed by atoms with E-state index >= 15 is 0 Å². The van der Waals surface area contributed by atoms with E-state index in [2.05, 4.69) is 29.4 Å². The SMILES string of the molecule is CC(C)Oc1ccc(N(C)CC2COCCN2)cc1. The summed E-state index contributed by atoms with van der Waals surface area (Å²) in [5.74, 6) is 0.922. The van der Waals surface area contributed by atoms with Gasteiger partial charge in [0.05, 0.1) is 19.3 Å². The lowest BCUT2D eigenvalue weighted by Gasteiger charge is -2.29. The number of likely N-dealkylation sites (N-methyl/N-ethyl adjacent to an activating group) is 1. The first kappa shape index (κ1) is 14.2. The van der Waals surface area contributed by atoms with Crippen molar-refractivity contribution in [3.63, 3.8) is 0 Å². The van der Waals surface area contributed by atoms with Gasteiger partial charge < -0.3 is 19.7 Å². The van der Waals surface area contributed by atoms with Crippen LogP contribution in [0.1, 0.15) is 13.8 Å². The van der Waals surface area contributed by atoms with E-state index in [0.29, 0.717) is 6.04 Å². The van der Waals surface area contributed by atoms with E-state index in [1.54, 1.807) is 0 Å². The van der Waals surface area contributed by atoms with Crippen LogP contribution in [0.3, 0.4) is 0 Å². The van der Waals surface area contributed by atoms with Crippen molar-refractivity contribution in [3.05, 3.63) is 24.3 Å². The first-order valence-corrected chi connectivity index (χ1v) is 6.94. The molecule has 1 aliphatic heterocycles. The van der Waals surface area contributed by atoms with Crippen LogP contribution in [0.2, 0.25) is 0 Å². The minimum absolute atomic E-state index is 0.215. The Bertz CT molecular complexity index is 372. The van der Waals surface area contributed by atoms with Gasteiger partial charge in [0.2, 0.25) is 0 Å². The zero-order valence-corrected chi connectivity index (χ0v) is 12.1. The van der Waals surface area contributed by atoms with Crippen molar-refractivity contribution in [3.8, 4) is 5.75 Å². The van der Waals surface area contributed by atoms with Crippen molar-refractivity contribution >= 4 is 5.69 Å². The van der Waals surface area contributed by atoms with Crippen molar-refractivity contribution in [1.29, 1.82) is 0 Å². The first-order chi connectivity index (χ1) is 9.15. The second kappa shape index (κ2) is 6.78. The monoisotopic (exact) mass is 264 g/mol. The summed E-state index contributed by atoms with van der Waals surface area (Å²) in [6.45, 7) is 7.58. The number of benzene rings is 1. The van der Waals surface area contributed by atoms with Crippen LogP contribution in [0.5, 0.6) is 5.75 Å². The summed E-state index contributed by atoms with van der Waals surface area (Å²) in [6.07, 6.45) is 0.215. The molecule has 0 aromatic heterocycles. The maximum absolute atomic E-state index is 5.65. The highest BCUT2D eigenvalue weighted by Gasteiger charge is 2.15. The molecule has 0 spiro atoms. The fraction of sp³-hybridized carbons (Fsp3) is 0.600. The molecule has 1 atom stereocenters. The molecular formula is C15H24N2O2. The maximum atomic E-state index is 5.65. The van der Waals surface area contributed by atoms with Crippen LogP contribution >= 0.6 is 0 Å². The average molecular weight is 264 g/mol. The lowest BCUT2D eigenvalue weighted by molar-refractivity contribution is 0.0791. The van der Waals surface area contributed by atoms with Crippen LogP contribution in [0, 0.1) is 0 Å². The van der Waals surface area contributed by atoms with Crippen LogP contribution in [-0.2, 0) is 4.74 Å². The molecule has 0 bridgehead atoms. The Labute approximate surface area is 115 Å². The van der Waals surface area contributed by atoms with Crippen LogP contribution in [0.25, 0.3) is 0 Å². The number of nitrogens with one attached hydrogen (secondary N) is 1. The van der Waals surface area contributed by atoms with E-state index in [4.69, 9.17) is 9.47 Å². The highest BCUT2D eigenvalue weighted by atomic mass is 16.5. The molecule has 0 amide bonds. The number of ether oxygens (including phenoxy) is 2. The standard InChI is InChI=1S/C15H24N2O2/c1-12(2)19-15-6-4-14(5-7-15)17(3)10-13-11-18-9-8-16-13/h4-7,12-13,16H,8-11H2,1-3H3. The van der Waals surface area contributed by atoms with Crippen LogP contribution in [0.4, 0.5) is 5.69 Å². The highest BCUT2D eigenvalue weighted by molar-refractivity contribution is 5.48. The largest absolute Gasteiger partial charge is 0.491 e. The summed E-state index contributed by atoms with van der Waals surface area (Å²) in [6, 6.07) is 8.65. The fourth-order valence-electron chi connectivity index (χ4n) is 2.22. The molecule has 1 heterocycles. The maximum Gasteiger partial charge on any atom is 0.119 e. The molecule has 19 heavy (non-hydrogen) atoms. The van der Waals surface area contributed by atoms with Crippen molar-refractivity contribution < 1.29 is 9.47 Å². The van der Waals surface area contributed by atoms with E-state index < -0.39 is 0 Å². The van der Waals surface area contributed by atoms with Crippen LogP contribution < -0.4 is 15.0 Å². The molecule has 1 aromatic carbocycles. The normalized spacial score (nSPS) is 19.5. The molecule has 1 aliphatic rings. The van der Waals surface area contributed by atoms with Crippen LogP contribution in [0.15, 0.2) is 24.3 Å². The van der Waals surface area contributed by atoms with Crippen molar-refractivity contribution in [2.45, 2.75) is 26.0 Å². The van der Waals surface area contributed by atoms with Gasteiger partial charge in [0.15, 0.2) is 0 Å². The topological polar surface area (TPSA) is 33.7 Å². The van der Waals surface area contributed by atoms with Crippen molar-refractivity contribution in [2.24, 2.45) is 0 Å². The molecule has 2 rings (SSSR count). The summed E-state index contributed by atoms with van der Waals surface area (Å²) >= 11 is 0. The number of anilines is 1. The summed E-state index contributed by atoms with van der Waals surface area (Å²) in [5, 5.41) is 3.47. The summed E-state index contributed by atoms with van der Waals surface area (Å²) in [7, 11) is 2.11. The molecule has 1 N–H and O–H groups in total. The fourth-order valence-corrected chi connectivity index (χ4v) is 2.22. The molecule has 0 saturated carbocycles. The van der Waals surface area contributed by atoms with E-state index in [1.807, 2.05) is 26.0 Å². The van der Waals surface area contributed by atoms with Gasteiger partial charge in [-0.15, -0.1) is 0 Å². The predicted octanol–water partition coefficient (Wildman–Crippen LogP) is 1.90. The zero-order chi connectivity index (χ0) is 13.7. The third-order valence-corrected chi connectivity index (χ3v) is 3.14. The average Bonchev–Trinajstić information content (AvgIpc) is 2.40. The van der Waals surface area contributed by atoms with Crippen molar-refractivity contribution in [2.75, 3.05) is 38.3 Å². The van der Waals surface area contributed by atoms with E-state index in [-0.39, 0.29) is 6.10 Å². The molecular weight excluding hydrogens is 240 g/mol. The Morgan fingerprint density at radius 3 is 2.68 bits per heavy atom. The van der Waals surface area contributed by atoms with Gasteiger partial charge >= 0.3 is 0 Å². The zero-order valence-electron chi connectivity index (χ0n) is 12.1. The van der Waals surface area contributed by atoms with E-state index in [9.17, 15) is 0 Å². The third-order valence-electron chi connectivity index (χ3n) is 3.14. The Morgan fingerprint density at radius 1 is 1.37 bits per heavy atom. The molecule has 4 nitrogen and oxygen atoms in total. The minimum Gasteiger partial charge on any atom is -0.491 e. The van der Waals surface area contributed by atoms with Gasteiger partial charge in [0, 0.05) is 31.9 Å². The minimum atomic E-state index is 0.215. The lowest BCUT2D eigenvalue weighted by atomic mass is 10.2. The molecule has 1 fully saturated rings. The van der Waals surface area contributed by atoms with Crippen LogP contribution in [-0.4, -0.2) is 45.5 Å². The quantitative estimate of drug-likeness (QED) is 0.880. The Balaban J connectivity index is 1.89. The summed E-state index contributed by atoms with van der Waals surface area (Å²) < 4.78 is 11.1. The second-order valence-electron chi connectivity index (χ2n) is 5.27.